The van der Waals surface area contributed by atoms with Crippen LogP contribution in [0.25, 0.3) is 0 Å². The van der Waals surface area contributed by atoms with Crippen molar-refractivity contribution in [3.63, 3.8) is 0 Å². The van der Waals surface area contributed by atoms with Crippen LogP contribution in [0.1, 0.15) is 30.1 Å². The number of nitrogens with zero attached hydrogens (tertiary/aromatic N) is 2. The van der Waals surface area contributed by atoms with Crippen LogP contribution in [0.5, 0.6) is 5.75 Å². The van der Waals surface area contributed by atoms with Gasteiger partial charge in [0.2, 0.25) is 0 Å². The molecule has 1 N–H and O–H groups in total. The average Bonchev–Trinajstić information content (AvgIpc) is 2.68. The van der Waals surface area contributed by atoms with E-state index in [1.165, 1.54) is 13.2 Å². The van der Waals surface area contributed by atoms with E-state index in [-0.39, 0.29) is 11.3 Å². The number of amides is 1. The highest BCUT2D eigenvalue weighted by Crippen LogP contribution is 2.33. The Morgan fingerprint density at radius 3 is 2.57 bits per heavy atom. The molecule has 1 aliphatic rings. The molecular formula is C20H22ClN3O4. The second-order valence-electron chi connectivity index (χ2n) is 6.93. The highest BCUT2D eigenvalue weighted by molar-refractivity contribution is 6.32. The molecule has 1 heterocycles. The van der Waals surface area contributed by atoms with Gasteiger partial charge in [-0.2, -0.15) is 0 Å². The minimum Gasteiger partial charge on any atom is -0.495 e. The molecule has 1 saturated heterocycles. The molecule has 0 bridgehead atoms. The van der Waals surface area contributed by atoms with Crippen LogP contribution < -0.4 is 15.0 Å². The van der Waals surface area contributed by atoms with E-state index >= 15 is 0 Å². The number of methoxy groups -OCH3 is 1. The van der Waals surface area contributed by atoms with E-state index < -0.39 is 10.8 Å². The van der Waals surface area contributed by atoms with Crippen LogP contribution in [-0.4, -0.2) is 31.0 Å². The van der Waals surface area contributed by atoms with E-state index in [0.717, 1.165) is 25.9 Å². The number of hydrogen-bond donors (Lipinski definition) is 1. The summed E-state index contributed by atoms with van der Waals surface area (Å²) in [7, 11) is 1.50. The molecule has 2 aromatic carbocycles. The van der Waals surface area contributed by atoms with Crippen LogP contribution in [0.4, 0.5) is 17.1 Å². The first-order valence-corrected chi connectivity index (χ1v) is 9.45. The fourth-order valence-corrected chi connectivity index (χ4v) is 3.53. The van der Waals surface area contributed by atoms with Crippen molar-refractivity contribution < 1.29 is 14.5 Å². The third-order valence-corrected chi connectivity index (χ3v) is 5.26. The Morgan fingerprint density at radius 1 is 1.25 bits per heavy atom. The number of rotatable bonds is 5. The lowest BCUT2D eigenvalue weighted by Crippen LogP contribution is -2.33. The molecular weight excluding hydrogens is 382 g/mol. The average molecular weight is 404 g/mol. The third-order valence-electron chi connectivity index (χ3n) is 4.97. The van der Waals surface area contributed by atoms with E-state index in [1.807, 2.05) is 4.90 Å². The minimum atomic E-state index is -0.442. The maximum Gasteiger partial charge on any atom is 0.293 e. The van der Waals surface area contributed by atoms with Crippen LogP contribution in [-0.2, 0) is 0 Å². The van der Waals surface area contributed by atoms with Crippen LogP contribution in [0.2, 0.25) is 5.02 Å². The first-order chi connectivity index (χ1) is 13.4. The maximum absolute atomic E-state index is 12.6. The monoisotopic (exact) mass is 403 g/mol. The molecule has 1 amide bonds. The zero-order valence-corrected chi connectivity index (χ0v) is 16.5. The second-order valence-corrected chi connectivity index (χ2v) is 7.34. The van der Waals surface area contributed by atoms with E-state index in [2.05, 4.69) is 12.2 Å². The molecule has 28 heavy (non-hydrogen) atoms. The molecule has 0 spiro atoms. The molecule has 0 saturated carbocycles. The summed E-state index contributed by atoms with van der Waals surface area (Å²) in [5, 5.41) is 14.7. The quantitative estimate of drug-likeness (QED) is 0.575. The molecule has 2 aromatic rings. The molecule has 1 fully saturated rings. The van der Waals surface area contributed by atoms with Gasteiger partial charge in [0.1, 0.15) is 11.4 Å². The number of nitro groups is 1. The largest absolute Gasteiger partial charge is 0.495 e. The van der Waals surface area contributed by atoms with Crippen molar-refractivity contribution in [2.24, 2.45) is 5.92 Å². The van der Waals surface area contributed by atoms with Gasteiger partial charge in [0.05, 0.1) is 17.1 Å². The van der Waals surface area contributed by atoms with Crippen LogP contribution >= 0.6 is 11.6 Å². The Bertz CT molecular complexity index is 895. The number of benzene rings is 2. The SMILES string of the molecule is COc1ccc(NC(=O)c2ccc(N3CCC(C)CC3)c([N+](=O)[O-])c2)cc1Cl. The van der Waals surface area contributed by atoms with Crippen molar-refractivity contribution in [1.82, 2.24) is 0 Å². The molecule has 0 aromatic heterocycles. The van der Waals surface area contributed by atoms with Gasteiger partial charge in [-0.25, -0.2) is 0 Å². The van der Waals surface area contributed by atoms with Gasteiger partial charge in [0.15, 0.2) is 0 Å². The summed E-state index contributed by atoms with van der Waals surface area (Å²) in [6.45, 7) is 3.74. The minimum absolute atomic E-state index is 0.0602. The Kier molecular flexibility index (Phi) is 6.04. The van der Waals surface area contributed by atoms with Crippen LogP contribution in [0, 0.1) is 16.0 Å². The number of carbonyl (C=O) groups is 1. The normalized spacial score (nSPS) is 14.6. The highest BCUT2D eigenvalue weighted by Gasteiger charge is 2.24. The molecule has 0 radical (unpaired) electrons. The Hall–Kier alpha value is -2.80. The zero-order valence-electron chi connectivity index (χ0n) is 15.8. The fraction of sp³-hybridized carbons (Fsp3) is 0.350. The van der Waals surface area contributed by atoms with Crippen molar-refractivity contribution in [1.29, 1.82) is 0 Å². The molecule has 0 aliphatic carbocycles. The number of ether oxygens (including phenoxy) is 1. The lowest BCUT2D eigenvalue weighted by atomic mass is 9.98. The summed E-state index contributed by atoms with van der Waals surface area (Å²) >= 11 is 6.07. The Balaban J connectivity index is 1.82. The predicted molar refractivity (Wildman–Crippen MR) is 110 cm³/mol. The molecule has 8 heteroatoms. The molecule has 148 valence electrons. The molecule has 3 rings (SSSR count). The molecule has 0 atom stereocenters. The maximum atomic E-state index is 12.6. The van der Waals surface area contributed by atoms with Crippen molar-refractivity contribution in [2.45, 2.75) is 19.8 Å². The van der Waals surface area contributed by atoms with Crippen molar-refractivity contribution in [3.05, 3.63) is 57.1 Å². The van der Waals surface area contributed by atoms with E-state index in [0.29, 0.717) is 28.1 Å². The number of anilines is 2. The zero-order chi connectivity index (χ0) is 20.3. The smallest absolute Gasteiger partial charge is 0.293 e. The standard InChI is InChI=1S/C20H22ClN3O4/c1-13-7-9-23(10-8-13)17-5-3-14(11-18(17)24(26)27)20(25)22-15-4-6-19(28-2)16(21)12-15/h3-6,11-13H,7-10H2,1-2H3,(H,22,25). The number of piperidine rings is 1. The second kappa shape index (κ2) is 8.48. The first kappa shape index (κ1) is 19.9. The Labute approximate surface area is 168 Å². The Morgan fingerprint density at radius 2 is 1.96 bits per heavy atom. The topological polar surface area (TPSA) is 84.7 Å². The highest BCUT2D eigenvalue weighted by atomic mass is 35.5. The summed E-state index contributed by atoms with van der Waals surface area (Å²) in [4.78, 5) is 25.7. The number of nitrogens with one attached hydrogen (secondary N) is 1. The van der Waals surface area contributed by atoms with E-state index in [1.54, 1.807) is 30.3 Å². The van der Waals surface area contributed by atoms with Gasteiger partial charge in [-0.3, -0.25) is 14.9 Å². The summed E-state index contributed by atoms with van der Waals surface area (Å²) in [5.74, 6) is 0.676. The predicted octanol–water partition coefficient (Wildman–Crippen LogP) is 4.75. The fourth-order valence-electron chi connectivity index (χ4n) is 3.28. The van der Waals surface area contributed by atoms with E-state index in [9.17, 15) is 14.9 Å². The van der Waals surface area contributed by atoms with Crippen LogP contribution in [0.3, 0.4) is 0 Å². The van der Waals surface area contributed by atoms with Crippen molar-refractivity contribution in [3.8, 4) is 5.75 Å². The lowest BCUT2D eigenvalue weighted by Gasteiger charge is -2.31. The number of nitro benzene ring substituents is 1. The summed E-state index contributed by atoms with van der Waals surface area (Å²) in [6, 6.07) is 9.45. The van der Waals surface area contributed by atoms with Gasteiger partial charge in [-0.05, 0) is 49.1 Å². The van der Waals surface area contributed by atoms with Gasteiger partial charge in [-0.1, -0.05) is 18.5 Å². The number of halogens is 1. The first-order valence-electron chi connectivity index (χ1n) is 9.07. The van der Waals surface area contributed by atoms with Gasteiger partial charge in [0.25, 0.3) is 11.6 Å². The number of hydrogen-bond acceptors (Lipinski definition) is 5. The lowest BCUT2D eigenvalue weighted by molar-refractivity contribution is -0.384. The van der Waals surface area contributed by atoms with Crippen molar-refractivity contribution >= 4 is 34.6 Å². The summed E-state index contributed by atoms with van der Waals surface area (Å²) in [5.41, 5.74) is 1.19. The van der Waals surface area contributed by atoms with Crippen molar-refractivity contribution in [2.75, 3.05) is 30.4 Å². The molecule has 0 unspecified atom stereocenters. The summed E-state index contributed by atoms with van der Waals surface area (Å²) < 4.78 is 5.08. The van der Waals surface area contributed by atoms with Gasteiger partial charge < -0.3 is 15.0 Å². The molecule has 1 aliphatic heterocycles. The van der Waals surface area contributed by atoms with Crippen LogP contribution in [0.15, 0.2) is 36.4 Å². The van der Waals surface area contributed by atoms with Gasteiger partial charge in [0, 0.05) is 30.4 Å². The third kappa shape index (κ3) is 4.36. The number of carbonyl (C=O) groups excluding carboxylic acids is 1. The summed E-state index contributed by atoms with van der Waals surface area (Å²) in [6.07, 6.45) is 2.00. The van der Waals surface area contributed by atoms with E-state index in [4.69, 9.17) is 16.3 Å². The van der Waals surface area contributed by atoms with Gasteiger partial charge >= 0.3 is 0 Å². The molecule has 7 nitrogen and oxygen atoms in total. The van der Waals surface area contributed by atoms with Gasteiger partial charge in [-0.15, -0.1) is 0 Å².